The van der Waals surface area contributed by atoms with Gasteiger partial charge in [0.25, 0.3) is 0 Å². The maximum atomic E-state index is 9.87. The predicted octanol–water partition coefficient (Wildman–Crippen LogP) is 2.11. The van der Waals surface area contributed by atoms with Gasteiger partial charge < -0.3 is 10.2 Å². The molecular formula is C12H22O2. The quantitative estimate of drug-likeness (QED) is 0.667. The maximum Gasteiger partial charge on any atom is 0.0761 e. The minimum absolute atomic E-state index is 0.000579. The molecule has 0 bridgehead atoms. The van der Waals surface area contributed by atoms with Gasteiger partial charge in [0.15, 0.2) is 0 Å². The summed E-state index contributed by atoms with van der Waals surface area (Å²) in [5.74, 6) is 0.127. The van der Waals surface area contributed by atoms with Crippen LogP contribution in [0.5, 0.6) is 0 Å². The molecule has 0 fully saturated rings. The first-order valence-electron chi connectivity index (χ1n) is 5.24. The van der Waals surface area contributed by atoms with Crippen molar-refractivity contribution in [3.8, 4) is 0 Å². The van der Waals surface area contributed by atoms with Crippen LogP contribution in [0.25, 0.3) is 0 Å². The highest BCUT2D eigenvalue weighted by Crippen LogP contribution is 2.46. The second-order valence-corrected chi connectivity index (χ2v) is 5.69. The van der Waals surface area contributed by atoms with E-state index in [9.17, 15) is 10.2 Å². The highest BCUT2D eigenvalue weighted by atomic mass is 16.3. The lowest BCUT2D eigenvalue weighted by Gasteiger charge is -2.35. The Bertz CT molecular complexity index is 246. The van der Waals surface area contributed by atoms with Crippen LogP contribution in [-0.2, 0) is 0 Å². The average molecular weight is 198 g/mol. The Morgan fingerprint density at radius 2 is 1.93 bits per heavy atom. The Morgan fingerprint density at radius 1 is 1.43 bits per heavy atom. The van der Waals surface area contributed by atoms with E-state index in [1.807, 2.05) is 13.0 Å². The van der Waals surface area contributed by atoms with Crippen LogP contribution >= 0.6 is 0 Å². The molecule has 0 aliphatic heterocycles. The highest BCUT2D eigenvalue weighted by molar-refractivity contribution is 5.22. The van der Waals surface area contributed by atoms with Crippen LogP contribution in [0.1, 0.15) is 41.0 Å². The zero-order valence-corrected chi connectivity index (χ0v) is 9.83. The van der Waals surface area contributed by atoms with Gasteiger partial charge in [0, 0.05) is 0 Å². The summed E-state index contributed by atoms with van der Waals surface area (Å²) >= 11 is 0. The summed E-state index contributed by atoms with van der Waals surface area (Å²) in [5.41, 5.74) is 0.514. The summed E-state index contributed by atoms with van der Waals surface area (Å²) in [6.07, 6.45) is 2.14. The van der Waals surface area contributed by atoms with Crippen molar-refractivity contribution < 1.29 is 10.2 Å². The second-order valence-electron chi connectivity index (χ2n) is 5.69. The zero-order chi connectivity index (χ0) is 11.1. The highest BCUT2D eigenvalue weighted by Gasteiger charge is 2.42. The number of aliphatic hydroxyl groups is 2. The summed E-state index contributed by atoms with van der Waals surface area (Å²) in [5, 5.41) is 19.7. The van der Waals surface area contributed by atoms with Gasteiger partial charge in [0.2, 0.25) is 0 Å². The minimum atomic E-state index is -0.707. The van der Waals surface area contributed by atoms with Gasteiger partial charge in [0.1, 0.15) is 0 Å². The molecule has 2 heteroatoms. The summed E-state index contributed by atoms with van der Waals surface area (Å²) in [6.45, 7) is 9.90. The van der Waals surface area contributed by atoms with Gasteiger partial charge in [-0.1, -0.05) is 25.5 Å². The molecule has 0 aromatic rings. The lowest BCUT2D eigenvalue weighted by Crippen LogP contribution is -2.35. The fourth-order valence-electron chi connectivity index (χ4n) is 2.22. The first kappa shape index (κ1) is 11.7. The first-order valence-corrected chi connectivity index (χ1v) is 5.24. The Kier molecular flexibility index (Phi) is 2.81. The Hall–Kier alpha value is -0.340. The third-order valence-electron chi connectivity index (χ3n) is 3.50. The van der Waals surface area contributed by atoms with Gasteiger partial charge in [-0.25, -0.2) is 0 Å². The number of hydrogen-bond acceptors (Lipinski definition) is 2. The smallest absolute Gasteiger partial charge is 0.0761 e. The van der Waals surface area contributed by atoms with E-state index < -0.39 is 11.7 Å². The largest absolute Gasteiger partial charge is 0.390 e. The van der Waals surface area contributed by atoms with Crippen LogP contribution in [0.15, 0.2) is 11.6 Å². The van der Waals surface area contributed by atoms with Crippen LogP contribution in [0.4, 0.5) is 0 Å². The van der Waals surface area contributed by atoms with E-state index in [1.165, 1.54) is 5.57 Å². The zero-order valence-electron chi connectivity index (χ0n) is 9.83. The minimum Gasteiger partial charge on any atom is -0.390 e. The Labute approximate surface area is 86.6 Å². The van der Waals surface area contributed by atoms with E-state index in [1.54, 1.807) is 13.8 Å². The van der Waals surface area contributed by atoms with Crippen LogP contribution in [0.2, 0.25) is 0 Å². The molecule has 0 aromatic carbocycles. The summed E-state index contributed by atoms with van der Waals surface area (Å²) in [4.78, 5) is 0. The monoisotopic (exact) mass is 198 g/mol. The molecule has 0 spiro atoms. The van der Waals surface area contributed by atoms with E-state index in [2.05, 4.69) is 13.8 Å². The van der Waals surface area contributed by atoms with Crippen molar-refractivity contribution >= 4 is 0 Å². The lowest BCUT2D eigenvalue weighted by molar-refractivity contribution is 0.00360. The molecule has 0 heterocycles. The predicted molar refractivity (Wildman–Crippen MR) is 57.9 cm³/mol. The van der Waals surface area contributed by atoms with E-state index in [0.29, 0.717) is 6.42 Å². The Balaban J connectivity index is 2.82. The van der Waals surface area contributed by atoms with E-state index in [0.717, 1.165) is 0 Å². The summed E-state index contributed by atoms with van der Waals surface area (Å²) in [6, 6.07) is 0. The molecule has 1 rings (SSSR count). The standard InChI is InChI=1S/C12H22O2/c1-8-6-10(13)9(12(8,4)5)7-11(2,3)14/h6,9-10,13-14H,7H2,1-5H3. The van der Waals surface area contributed by atoms with Crippen LogP contribution in [0, 0.1) is 11.3 Å². The van der Waals surface area contributed by atoms with Crippen LogP contribution in [-0.4, -0.2) is 21.9 Å². The topological polar surface area (TPSA) is 40.5 Å². The number of rotatable bonds is 2. The van der Waals surface area contributed by atoms with Gasteiger partial charge in [-0.3, -0.25) is 0 Å². The molecule has 0 radical (unpaired) electrons. The molecule has 2 atom stereocenters. The third-order valence-corrected chi connectivity index (χ3v) is 3.50. The molecule has 2 unspecified atom stereocenters. The van der Waals surface area contributed by atoms with Crippen molar-refractivity contribution in [2.45, 2.75) is 52.7 Å². The molecule has 82 valence electrons. The van der Waals surface area contributed by atoms with Gasteiger partial charge >= 0.3 is 0 Å². The summed E-state index contributed by atoms with van der Waals surface area (Å²) < 4.78 is 0. The fourth-order valence-corrected chi connectivity index (χ4v) is 2.22. The van der Waals surface area contributed by atoms with Crippen molar-refractivity contribution in [1.29, 1.82) is 0 Å². The van der Waals surface area contributed by atoms with Crippen molar-refractivity contribution in [3.63, 3.8) is 0 Å². The van der Waals surface area contributed by atoms with E-state index in [4.69, 9.17) is 0 Å². The van der Waals surface area contributed by atoms with Gasteiger partial charge in [-0.05, 0) is 38.5 Å². The van der Waals surface area contributed by atoms with Crippen molar-refractivity contribution in [2.75, 3.05) is 0 Å². The number of allylic oxidation sites excluding steroid dienone is 1. The van der Waals surface area contributed by atoms with Gasteiger partial charge in [-0.2, -0.15) is 0 Å². The lowest BCUT2D eigenvalue weighted by atomic mass is 9.72. The molecule has 1 aliphatic rings. The summed E-state index contributed by atoms with van der Waals surface area (Å²) in [7, 11) is 0. The average Bonchev–Trinajstić information content (AvgIpc) is 2.11. The molecule has 0 saturated heterocycles. The maximum absolute atomic E-state index is 9.87. The van der Waals surface area contributed by atoms with Crippen LogP contribution < -0.4 is 0 Å². The second kappa shape index (κ2) is 3.35. The molecule has 2 N–H and O–H groups in total. The van der Waals surface area contributed by atoms with Gasteiger partial charge in [-0.15, -0.1) is 0 Å². The number of hydrogen-bond donors (Lipinski definition) is 2. The van der Waals surface area contributed by atoms with E-state index >= 15 is 0 Å². The van der Waals surface area contributed by atoms with Crippen molar-refractivity contribution in [1.82, 2.24) is 0 Å². The fraction of sp³-hybridized carbons (Fsp3) is 0.833. The molecule has 0 aromatic heterocycles. The number of aliphatic hydroxyl groups excluding tert-OH is 1. The normalized spacial score (nSPS) is 31.8. The third kappa shape index (κ3) is 2.18. The molecule has 0 saturated carbocycles. The Morgan fingerprint density at radius 3 is 2.21 bits per heavy atom. The SMILES string of the molecule is CC1=CC(O)C(CC(C)(C)O)C1(C)C. The van der Waals surface area contributed by atoms with E-state index in [-0.39, 0.29) is 11.3 Å². The van der Waals surface area contributed by atoms with Crippen molar-refractivity contribution in [2.24, 2.45) is 11.3 Å². The van der Waals surface area contributed by atoms with Crippen LogP contribution in [0.3, 0.4) is 0 Å². The molecule has 2 nitrogen and oxygen atoms in total. The van der Waals surface area contributed by atoms with Gasteiger partial charge in [0.05, 0.1) is 11.7 Å². The molecule has 0 amide bonds. The molecular weight excluding hydrogens is 176 g/mol. The molecule has 14 heavy (non-hydrogen) atoms. The molecule has 1 aliphatic carbocycles. The first-order chi connectivity index (χ1) is 6.14. The van der Waals surface area contributed by atoms with Crippen molar-refractivity contribution in [3.05, 3.63) is 11.6 Å².